The maximum atomic E-state index is 14.2. The molecular weight excluding hydrogens is 659 g/mol. The van der Waals surface area contributed by atoms with Crippen LogP contribution >= 0.6 is 0 Å². The molecule has 3 N–H and O–H groups in total. The molecule has 266 valence electrons. The summed E-state index contributed by atoms with van der Waals surface area (Å²) in [6, 6.07) is 3.52. The molecule has 0 unspecified atom stereocenters. The third-order valence-electron chi connectivity index (χ3n) is 8.62. The van der Waals surface area contributed by atoms with Gasteiger partial charge >= 0.3 is 24.5 Å². The number of rotatable bonds is 10. The number of nitrogens with zero attached hydrogens (tertiary/aromatic N) is 4. The van der Waals surface area contributed by atoms with Crippen molar-refractivity contribution in [3.63, 3.8) is 0 Å². The van der Waals surface area contributed by atoms with Gasteiger partial charge in [-0.05, 0) is 98.4 Å². The number of halogens is 9. The fraction of sp³-hybridized carbons (Fsp3) is 0.548. The van der Waals surface area contributed by atoms with Crippen LogP contribution in [0.25, 0.3) is 0 Å². The molecule has 4 rings (SSSR count). The number of hydrazine groups is 2. The number of aryl methyl sites for hydroxylation is 1. The summed E-state index contributed by atoms with van der Waals surface area (Å²) in [5.74, 6) is -0.730. The summed E-state index contributed by atoms with van der Waals surface area (Å²) in [6.07, 6.45) is -12.0. The Bertz CT molecular complexity index is 1450. The summed E-state index contributed by atoms with van der Waals surface area (Å²) >= 11 is 0. The van der Waals surface area contributed by atoms with Gasteiger partial charge in [-0.2, -0.15) is 39.5 Å². The minimum Gasteiger partial charge on any atom is -0.481 e. The second kappa shape index (κ2) is 14.3. The van der Waals surface area contributed by atoms with Crippen molar-refractivity contribution in [2.75, 3.05) is 25.0 Å². The number of alkyl halides is 9. The van der Waals surface area contributed by atoms with Crippen molar-refractivity contribution >= 4 is 17.6 Å². The van der Waals surface area contributed by atoms with E-state index in [0.717, 1.165) is 18.9 Å². The highest BCUT2D eigenvalue weighted by Gasteiger charge is 2.38. The summed E-state index contributed by atoms with van der Waals surface area (Å²) in [7, 11) is 1.47. The maximum absolute atomic E-state index is 14.2. The van der Waals surface area contributed by atoms with Gasteiger partial charge in [0.1, 0.15) is 0 Å². The average Bonchev–Trinajstić information content (AvgIpc) is 3.41. The molecule has 0 aromatic heterocycles. The van der Waals surface area contributed by atoms with Crippen molar-refractivity contribution in [1.29, 1.82) is 0 Å². The Hall–Kier alpha value is -3.89. The predicted molar refractivity (Wildman–Crippen MR) is 159 cm³/mol. The van der Waals surface area contributed by atoms with Gasteiger partial charge in [0.2, 0.25) is 5.96 Å². The molecule has 0 saturated heterocycles. The Labute approximate surface area is 271 Å². The van der Waals surface area contributed by atoms with Crippen LogP contribution in [0.3, 0.4) is 0 Å². The van der Waals surface area contributed by atoms with Gasteiger partial charge in [-0.25, -0.2) is 5.12 Å². The summed E-state index contributed by atoms with van der Waals surface area (Å²) in [5.41, 5.74) is 1.44. The lowest BCUT2D eigenvalue weighted by Gasteiger charge is -2.35. The number of hydrogen-bond acceptors (Lipinski definition) is 7. The third-order valence-corrected chi connectivity index (χ3v) is 8.62. The first kappa shape index (κ1) is 36.9. The number of hydrazone groups is 1. The molecule has 0 amide bonds. The van der Waals surface area contributed by atoms with Crippen LogP contribution in [0.15, 0.2) is 35.4 Å². The van der Waals surface area contributed by atoms with Crippen LogP contribution in [0.5, 0.6) is 0 Å². The molecule has 17 heteroatoms. The number of guanidine groups is 1. The van der Waals surface area contributed by atoms with Gasteiger partial charge in [0.15, 0.2) is 0 Å². The highest BCUT2D eigenvalue weighted by atomic mass is 19.4. The van der Waals surface area contributed by atoms with E-state index in [2.05, 4.69) is 16.1 Å². The maximum Gasteiger partial charge on any atom is 0.416 e. The van der Waals surface area contributed by atoms with E-state index in [1.54, 1.807) is 0 Å². The third kappa shape index (κ3) is 9.38. The lowest BCUT2D eigenvalue weighted by atomic mass is 9.80. The first-order chi connectivity index (χ1) is 22.2. The molecule has 8 nitrogen and oxygen atoms in total. The molecule has 2 aliphatic rings. The van der Waals surface area contributed by atoms with Crippen molar-refractivity contribution in [2.45, 2.75) is 77.6 Å². The zero-order chi connectivity index (χ0) is 35.6. The average molecular weight is 697 g/mol. The van der Waals surface area contributed by atoms with Gasteiger partial charge in [-0.1, -0.05) is 0 Å². The van der Waals surface area contributed by atoms with E-state index in [4.69, 9.17) is 5.11 Å². The molecule has 1 heterocycles. The zero-order valence-electron chi connectivity index (χ0n) is 26.5. The van der Waals surface area contributed by atoms with Crippen LogP contribution in [0, 0.1) is 18.8 Å². The van der Waals surface area contributed by atoms with Gasteiger partial charge in [-0.3, -0.25) is 10.2 Å². The topological polar surface area (TPSA) is 83.4 Å². The Balaban J connectivity index is 1.74. The van der Waals surface area contributed by atoms with Crippen molar-refractivity contribution in [2.24, 2.45) is 16.9 Å². The molecule has 0 atom stereocenters. The minimum atomic E-state index is -5.09. The van der Waals surface area contributed by atoms with E-state index in [0.29, 0.717) is 43.8 Å². The van der Waals surface area contributed by atoms with Crippen molar-refractivity contribution < 1.29 is 49.4 Å². The highest BCUT2D eigenvalue weighted by molar-refractivity contribution is 5.80. The van der Waals surface area contributed by atoms with Crippen LogP contribution in [-0.4, -0.2) is 47.2 Å². The van der Waals surface area contributed by atoms with E-state index in [-0.39, 0.29) is 53.5 Å². The standard InChI is InChI=1S/C31H37F9N6O2/c1-4-45(15-20-7-5-19(6-8-20)12-27(47)48)26-9-18(2)25(31(38,39)40)13-22(26)17-46(28-41-43-44(3)42-28)16-21-10-23(29(32,33)34)14-24(11-21)30(35,36)37/h9-11,13-14,19-20,43H,4-8,12,15-17H2,1-3H3,(H,41,42)(H,47,48)/t19-,20-. The molecule has 2 aromatic rings. The molecule has 0 bridgehead atoms. The molecule has 48 heavy (non-hydrogen) atoms. The quantitative estimate of drug-likeness (QED) is 0.224. The van der Waals surface area contributed by atoms with E-state index in [1.165, 1.54) is 30.1 Å². The zero-order valence-corrected chi connectivity index (χ0v) is 26.5. The van der Waals surface area contributed by atoms with Gasteiger partial charge in [-0.15, -0.1) is 10.6 Å². The van der Waals surface area contributed by atoms with E-state index in [9.17, 15) is 44.3 Å². The molecular formula is C31H37F9N6O2. The van der Waals surface area contributed by atoms with E-state index < -0.39 is 47.7 Å². The van der Waals surface area contributed by atoms with Crippen molar-refractivity contribution in [1.82, 2.24) is 21.0 Å². The van der Waals surface area contributed by atoms with Gasteiger partial charge < -0.3 is 14.9 Å². The number of nitrogens with one attached hydrogen (secondary N) is 2. The van der Waals surface area contributed by atoms with E-state index >= 15 is 0 Å². The molecule has 0 radical (unpaired) electrons. The van der Waals surface area contributed by atoms with Gasteiger partial charge in [0, 0.05) is 45.3 Å². The van der Waals surface area contributed by atoms with Crippen LogP contribution in [0.4, 0.5) is 45.2 Å². The Kier molecular flexibility index (Phi) is 11.0. The second-order valence-corrected chi connectivity index (χ2v) is 12.3. The largest absolute Gasteiger partial charge is 0.481 e. The lowest BCUT2D eigenvalue weighted by molar-refractivity contribution is -0.143. The number of carbonyl (C=O) groups is 1. The molecule has 1 fully saturated rings. The van der Waals surface area contributed by atoms with Crippen LogP contribution in [0.1, 0.15) is 72.4 Å². The molecule has 2 aromatic carbocycles. The SMILES string of the molecule is CCN(C[C@H]1CC[C@H](CC(=O)O)CC1)c1cc(C)c(C(F)(F)F)cc1CN(Cc1cc(C(F)(F)F)cc(C(F)(F)F)c1)C1=NN(C)NN1. The van der Waals surface area contributed by atoms with Crippen molar-refractivity contribution in [3.8, 4) is 0 Å². The highest BCUT2D eigenvalue weighted by Crippen LogP contribution is 2.40. The molecule has 1 saturated carbocycles. The molecule has 1 aliphatic heterocycles. The Morgan fingerprint density at radius 1 is 0.875 bits per heavy atom. The number of carboxylic acid groups (broad SMARTS) is 1. The summed E-state index contributed by atoms with van der Waals surface area (Å²) < 4.78 is 124. The number of anilines is 1. The lowest BCUT2D eigenvalue weighted by Crippen LogP contribution is -2.44. The minimum absolute atomic E-state index is 0.0104. The predicted octanol–water partition coefficient (Wildman–Crippen LogP) is 7.39. The van der Waals surface area contributed by atoms with E-state index in [1.807, 2.05) is 11.8 Å². The monoisotopic (exact) mass is 696 g/mol. The molecule has 1 aliphatic carbocycles. The Morgan fingerprint density at radius 2 is 1.46 bits per heavy atom. The fourth-order valence-electron chi connectivity index (χ4n) is 6.25. The number of carboxylic acids is 1. The van der Waals surface area contributed by atoms with Crippen LogP contribution in [0.2, 0.25) is 0 Å². The summed E-state index contributed by atoms with van der Waals surface area (Å²) in [4.78, 5) is 14.3. The normalized spacial score (nSPS) is 18.8. The summed E-state index contributed by atoms with van der Waals surface area (Å²) in [6.45, 7) is 3.07. The second-order valence-electron chi connectivity index (χ2n) is 12.3. The Morgan fingerprint density at radius 3 is 1.94 bits per heavy atom. The first-order valence-electron chi connectivity index (χ1n) is 15.3. The number of benzene rings is 2. The van der Waals surface area contributed by atoms with Crippen LogP contribution in [-0.2, 0) is 36.4 Å². The first-order valence-corrected chi connectivity index (χ1v) is 15.3. The molecule has 0 spiro atoms. The number of hydrogen-bond donors (Lipinski definition) is 3. The fourth-order valence-corrected chi connectivity index (χ4v) is 6.25. The summed E-state index contributed by atoms with van der Waals surface area (Å²) in [5, 5.41) is 14.5. The van der Waals surface area contributed by atoms with Crippen molar-refractivity contribution in [3.05, 3.63) is 63.7 Å². The van der Waals surface area contributed by atoms with Crippen LogP contribution < -0.4 is 15.9 Å². The van der Waals surface area contributed by atoms with Gasteiger partial charge in [0.05, 0.1) is 16.7 Å². The smallest absolute Gasteiger partial charge is 0.416 e. The van der Waals surface area contributed by atoms with Gasteiger partial charge in [0.25, 0.3) is 0 Å². The number of aliphatic carboxylic acids is 1.